The molecule has 2 heterocycles. The van der Waals surface area contributed by atoms with Gasteiger partial charge in [-0.3, -0.25) is 0 Å². The van der Waals surface area contributed by atoms with Crippen LogP contribution in [0.3, 0.4) is 0 Å². The zero-order valence-corrected chi connectivity index (χ0v) is 11.2. The maximum Gasteiger partial charge on any atom is 0.337 e. The molecular formula is C15H11ClN2O2. The van der Waals surface area contributed by atoms with Gasteiger partial charge in [0.2, 0.25) is 0 Å². The summed E-state index contributed by atoms with van der Waals surface area (Å²) < 4.78 is 1.72. The molecule has 0 radical (unpaired) electrons. The number of carbonyl (C=O) groups is 1. The summed E-state index contributed by atoms with van der Waals surface area (Å²) in [6, 6.07) is 10.8. The third-order valence-corrected chi connectivity index (χ3v) is 3.45. The minimum absolute atomic E-state index is 0.235. The van der Waals surface area contributed by atoms with Crippen molar-refractivity contribution in [2.24, 2.45) is 0 Å². The molecule has 1 N–H and O–H groups in total. The largest absolute Gasteiger partial charge is 0.478 e. The van der Waals surface area contributed by atoms with Gasteiger partial charge in [-0.25, -0.2) is 9.78 Å². The summed E-state index contributed by atoms with van der Waals surface area (Å²) in [6.45, 7) is 0. The smallest absolute Gasteiger partial charge is 0.337 e. The molecule has 0 aliphatic rings. The normalized spacial score (nSPS) is 10.8. The third-order valence-electron chi connectivity index (χ3n) is 3.08. The average molecular weight is 287 g/mol. The second-order valence-electron chi connectivity index (χ2n) is 4.49. The Morgan fingerprint density at radius 2 is 2.00 bits per heavy atom. The molecule has 0 amide bonds. The van der Waals surface area contributed by atoms with E-state index in [-0.39, 0.29) is 5.56 Å². The first-order chi connectivity index (χ1) is 9.63. The average Bonchev–Trinajstić information content (AvgIpc) is 2.82. The van der Waals surface area contributed by atoms with Crippen LogP contribution in [0.4, 0.5) is 0 Å². The Labute approximate surface area is 120 Å². The SMILES string of the molecule is O=C(O)c1ccc2nc(Cc3ccccc3Cl)cn2c1. The quantitative estimate of drug-likeness (QED) is 0.804. The summed E-state index contributed by atoms with van der Waals surface area (Å²) >= 11 is 6.13. The van der Waals surface area contributed by atoms with E-state index in [1.165, 1.54) is 0 Å². The lowest BCUT2D eigenvalue weighted by Crippen LogP contribution is -1.97. The lowest BCUT2D eigenvalue weighted by molar-refractivity contribution is 0.0696. The van der Waals surface area contributed by atoms with Gasteiger partial charge in [-0.1, -0.05) is 29.8 Å². The number of halogens is 1. The van der Waals surface area contributed by atoms with Gasteiger partial charge in [0, 0.05) is 23.8 Å². The fourth-order valence-corrected chi connectivity index (χ4v) is 2.30. The van der Waals surface area contributed by atoms with E-state index in [4.69, 9.17) is 16.7 Å². The van der Waals surface area contributed by atoms with Crippen LogP contribution >= 0.6 is 11.6 Å². The first kappa shape index (κ1) is 12.7. The number of carboxylic acid groups (broad SMARTS) is 1. The summed E-state index contributed by atoms with van der Waals surface area (Å²) in [6.07, 6.45) is 4.00. The van der Waals surface area contributed by atoms with Crippen LogP contribution in [-0.2, 0) is 6.42 Å². The van der Waals surface area contributed by atoms with Crippen molar-refractivity contribution < 1.29 is 9.90 Å². The predicted octanol–water partition coefficient (Wildman–Crippen LogP) is 3.28. The van der Waals surface area contributed by atoms with Crippen molar-refractivity contribution in [3.8, 4) is 0 Å². The van der Waals surface area contributed by atoms with Gasteiger partial charge >= 0.3 is 5.97 Å². The number of carboxylic acids is 1. The Morgan fingerprint density at radius 3 is 2.75 bits per heavy atom. The van der Waals surface area contributed by atoms with Crippen LogP contribution in [0.2, 0.25) is 5.02 Å². The Hall–Kier alpha value is -2.33. The van der Waals surface area contributed by atoms with Crippen LogP contribution in [0, 0.1) is 0 Å². The number of fused-ring (bicyclic) bond motifs is 1. The van der Waals surface area contributed by atoms with Crippen molar-refractivity contribution in [2.75, 3.05) is 0 Å². The second kappa shape index (κ2) is 4.98. The summed E-state index contributed by atoms with van der Waals surface area (Å²) in [5.41, 5.74) is 2.80. The molecule has 20 heavy (non-hydrogen) atoms. The van der Waals surface area contributed by atoms with Crippen LogP contribution in [0.1, 0.15) is 21.6 Å². The first-order valence-corrected chi connectivity index (χ1v) is 6.45. The zero-order chi connectivity index (χ0) is 14.1. The molecule has 3 aromatic rings. The predicted molar refractivity (Wildman–Crippen MR) is 76.4 cm³/mol. The molecule has 1 aromatic carbocycles. The van der Waals surface area contributed by atoms with Crippen LogP contribution < -0.4 is 0 Å². The van der Waals surface area contributed by atoms with E-state index < -0.39 is 5.97 Å². The van der Waals surface area contributed by atoms with Crippen LogP contribution in [0.25, 0.3) is 5.65 Å². The lowest BCUT2D eigenvalue weighted by Gasteiger charge is -2.00. The molecule has 0 atom stereocenters. The molecule has 4 nitrogen and oxygen atoms in total. The van der Waals surface area contributed by atoms with E-state index in [0.717, 1.165) is 16.9 Å². The maximum atomic E-state index is 10.9. The molecule has 0 bridgehead atoms. The van der Waals surface area contributed by atoms with E-state index >= 15 is 0 Å². The fraction of sp³-hybridized carbons (Fsp3) is 0.0667. The van der Waals surface area contributed by atoms with Crippen molar-refractivity contribution in [3.63, 3.8) is 0 Å². The minimum atomic E-state index is -0.951. The highest BCUT2D eigenvalue weighted by Gasteiger charge is 2.08. The highest BCUT2D eigenvalue weighted by Crippen LogP contribution is 2.19. The van der Waals surface area contributed by atoms with E-state index in [0.29, 0.717) is 11.4 Å². The van der Waals surface area contributed by atoms with Crippen molar-refractivity contribution >= 4 is 23.2 Å². The summed E-state index contributed by atoms with van der Waals surface area (Å²) in [5.74, 6) is -0.951. The molecule has 0 aliphatic carbocycles. The van der Waals surface area contributed by atoms with Gasteiger partial charge in [-0.2, -0.15) is 0 Å². The summed E-state index contributed by atoms with van der Waals surface area (Å²) in [4.78, 5) is 15.4. The first-order valence-electron chi connectivity index (χ1n) is 6.08. The van der Waals surface area contributed by atoms with Gasteiger partial charge in [0.1, 0.15) is 5.65 Å². The number of hydrogen-bond acceptors (Lipinski definition) is 2. The molecule has 2 aromatic heterocycles. The zero-order valence-electron chi connectivity index (χ0n) is 10.5. The highest BCUT2D eigenvalue weighted by atomic mass is 35.5. The van der Waals surface area contributed by atoms with Crippen LogP contribution in [0.15, 0.2) is 48.8 Å². The van der Waals surface area contributed by atoms with Gasteiger partial charge in [-0.05, 0) is 23.8 Å². The molecule has 0 fully saturated rings. The highest BCUT2D eigenvalue weighted by molar-refractivity contribution is 6.31. The van der Waals surface area contributed by atoms with Gasteiger partial charge in [-0.15, -0.1) is 0 Å². The number of aromatic nitrogens is 2. The Morgan fingerprint density at radius 1 is 1.20 bits per heavy atom. The molecule has 0 spiro atoms. The van der Waals surface area contributed by atoms with Crippen molar-refractivity contribution in [3.05, 3.63) is 70.6 Å². The lowest BCUT2D eigenvalue weighted by atomic mass is 10.1. The maximum absolute atomic E-state index is 10.9. The second-order valence-corrected chi connectivity index (χ2v) is 4.90. The number of imidazole rings is 1. The van der Waals surface area contributed by atoms with E-state index in [1.807, 2.05) is 30.5 Å². The minimum Gasteiger partial charge on any atom is -0.478 e. The number of hydrogen-bond donors (Lipinski definition) is 1. The van der Waals surface area contributed by atoms with E-state index in [2.05, 4.69) is 4.98 Å². The molecule has 5 heteroatoms. The molecule has 0 saturated heterocycles. The van der Waals surface area contributed by atoms with Gasteiger partial charge < -0.3 is 9.51 Å². The molecule has 0 aliphatic heterocycles. The Bertz CT molecular complexity index is 795. The number of nitrogens with zero attached hydrogens (tertiary/aromatic N) is 2. The van der Waals surface area contributed by atoms with Gasteiger partial charge in [0.25, 0.3) is 0 Å². The van der Waals surface area contributed by atoms with Crippen molar-refractivity contribution in [1.29, 1.82) is 0 Å². The van der Waals surface area contributed by atoms with Crippen molar-refractivity contribution in [2.45, 2.75) is 6.42 Å². The van der Waals surface area contributed by atoms with Gasteiger partial charge in [0.05, 0.1) is 11.3 Å². The number of benzene rings is 1. The van der Waals surface area contributed by atoms with Gasteiger partial charge in [0.15, 0.2) is 0 Å². The van der Waals surface area contributed by atoms with Crippen LogP contribution in [-0.4, -0.2) is 20.5 Å². The molecule has 100 valence electrons. The molecular weight excluding hydrogens is 276 g/mol. The molecule has 3 rings (SSSR count). The molecule has 0 unspecified atom stereocenters. The number of aromatic carboxylic acids is 1. The number of rotatable bonds is 3. The monoisotopic (exact) mass is 286 g/mol. The van der Waals surface area contributed by atoms with E-state index in [1.54, 1.807) is 22.7 Å². The van der Waals surface area contributed by atoms with E-state index in [9.17, 15) is 4.79 Å². The number of pyridine rings is 1. The van der Waals surface area contributed by atoms with Crippen LogP contribution in [0.5, 0.6) is 0 Å². The molecule has 0 saturated carbocycles. The fourth-order valence-electron chi connectivity index (χ4n) is 2.09. The standard InChI is InChI=1S/C15H11ClN2O2/c16-13-4-2-1-3-10(13)7-12-9-18-8-11(15(19)20)5-6-14(18)17-12/h1-6,8-9H,7H2,(H,19,20). The Balaban J connectivity index is 1.97. The summed E-state index contributed by atoms with van der Waals surface area (Å²) in [7, 11) is 0. The Kier molecular flexibility index (Phi) is 3.16. The third kappa shape index (κ3) is 2.38. The van der Waals surface area contributed by atoms with Crippen molar-refractivity contribution in [1.82, 2.24) is 9.38 Å². The summed E-state index contributed by atoms with van der Waals surface area (Å²) in [5, 5.41) is 9.68. The topological polar surface area (TPSA) is 54.6 Å².